The van der Waals surface area contributed by atoms with Crippen LogP contribution in [0.3, 0.4) is 0 Å². The Bertz CT molecular complexity index is 408. The molecule has 3 atom stereocenters. The summed E-state index contributed by atoms with van der Waals surface area (Å²) in [7, 11) is 0. The molecule has 3 nitrogen and oxygen atoms in total. The molecule has 1 aliphatic heterocycles. The zero-order valence-corrected chi connectivity index (χ0v) is 12.0. The van der Waals surface area contributed by atoms with Gasteiger partial charge in [0.25, 0.3) is 0 Å². The summed E-state index contributed by atoms with van der Waals surface area (Å²) in [6, 6.07) is 10.1. The van der Waals surface area contributed by atoms with Crippen LogP contribution >= 0.6 is 0 Å². The molecule has 0 bridgehead atoms. The summed E-state index contributed by atoms with van der Waals surface area (Å²) >= 11 is 0. The van der Waals surface area contributed by atoms with E-state index in [9.17, 15) is 4.79 Å². The molecule has 1 fully saturated rings. The molecule has 0 aromatic heterocycles. The number of carbonyl (C=O) groups is 1. The van der Waals surface area contributed by atoms with Crippen molar-refractivity contribution in [3.05, 3.63) is 35.9 Å². The van der Waals surface area contributed by atoms with E-state index in [1.807, 2.05) is 49.1 Å². The number of morpholine rings is 1. The number of rotatable bonds is 3. The van der Waals surface area contributed by atoms with Crippen LogP contribution in [0, 0.1) is 0 Å². The number of carbonyl (C=O) groups excluding carboxylic acids is 1. The van der Waals surface area contributed by atoms with Gasteiger partial charge in [0, 0.05) is 13.1 Å². The molecular formula is C16H23NO2. The summed E-state index contributed by atoms with van der Waals surface area (Å²) in [5.41, 5.74) is 1.11. The quantitative estimate of drug-likeness (QED) is 0.837. The highest BCUT2D eigenvalue weighted by atomic mass is 16.5. The third kappa shape index (κ3) is 3.35. The molecule has 1 aliphatic rings. The van der Waals surface area contributed by atoms with Crippen LogP contribution in [0.2, 0.25) is 0 Å². The van der Waals surface area contributed by atoms with E-state index >= 15 is 0 Å². The molecule has 1 heterocycles. The maximum Gasteiger partial charge on any atom is 0.230 e. The van der Waals surface area contributed by atoms with Crippen molar-refractivity contribution in [1.29, 1.82) is 0 Å². The first-order valence-corrected chi connectivity index (χ1v) is 7.11. The molecule has 0 spiro atoms. The van der Waals surface area contributed by atoms with E-state index in [1.165, 1.54) is 0 Å². The van der Waals surface area contributed by atoms with Gasteiger partial charge in [0.05, 0.1) is 18.1 Å². The number of benzene rings is 1. The van der Waals surface area contributed by atoms with Gasteiger partial charge in [0.15, 0.2) is 0 Å². The van der Waals surface area contributed by atoms with Gasteiger partial charge in [0.2, 0.25) is 5.91 Å². The predicted molar refractivity (Wildman–Crippen MR) is 76.1 cm³/mol. The first kappa shape index (κ1) is 14.1. The van der Waals surface area contributed by atoms with Crippen LogP contribution in [0.15, 0.2) is 30.3 Å². The second kappa shape index (κ2) is 6.20. The lowest BCUT2D eigenvalue weighted by molar-refractivity contribution is -0.144. The van der Waals surface area contributed by atoms with Crippen molar-refractivity contribution in [3.8, 4) is 0 Å². The molecule has 1 aromatic rings. The maximum atomic E-state index is 12.7. The van der Waals surface area contributed by atoms with Crippen LogP contribution < -0.4 is 0 Å². The Kier molecular flexibility index (Phi) is 4.59. The van der Waals surface area contributed by atoms with E-state index in [-0.39, 0.29) is 24.0 Å². The molecule has 0 radical (unpaired) electrons. The van der Waals surface area contributed by atoms with E-state index in [0.717, 1.165) is 12.0 Å². The monoisotopic (exact) mass is 261 g/mol. The van der Waals surface area contributed by atoms with Gasteiger partial charge in [-0.1, -0.05) is 37.3 Å². The standard InChI is InChI=1S/C16H23NO2/c1-4-15(14-8-6-5-7-9-14)16(18)17-10-12(2)19-13(3)11-17/h5-9,12-13,15H,4,10-11H2,1-3H3/t12-,13+,15-/m1/s1. The molecule has 2 rings (SSSR count). The third-order valence-electron chi connectivity index (χ3n) is 3.64. The van der Waals surface area contributed by atoms with E-state index in [4.69, 9.17) is 4.74 Å². The van der Waals surface area contributed by atoms with E-state index in [0.29, 0.717) is 13.1 Å². The van der Waals surface area contributed by atoms with Crippen LogP contribution in [-0.2, 0) is 9.53 Å². The van der Waals surface area contributed by atoms with Crippen molar-refractivity contribution in [3.63, 3.8) is 0 Å². The predicted octanol–water partition coefficient (Wildman–Crippen LogP) is 2.82. The van der Waals surface area contributed by atoms with E-state index < -0.39 is 0 Å². The highest BCUT2D eigenvalue weighted by molar-refractivity contribution is 5.83. The summed E-state index contributed by atoms with van der Waals surface area (Å²) in [5, 5.41) is 0. The first-order chi connectivity index (χ1) is 9.11. The first-order valence-electron chi connectivity index (χ1n) is 7.11. The second-order valence-corrected chi connectivity index (χ2v) is 5.37. The normalized spacial score (nSPS) is 25.1. The summed E-state index contributed by atoms with van der Waals surface area (Å²) in [6.07, 6.45) is 1.09. The zero-order chi connectivity index (χ0) is 13.8. The summed E-state index contributed by atoms with van der Waals surface area (Å²) < 4.78 is 5.69. The number of hydrogen-bond acceptors (Lipinski definition) is 2. The zero-order valence-electron chi connectivity index (χ0n) is 12.0. The van der Waals surface area contributed by atoms with Crippen LogP contribution in [0.25, 0.3) is 0 Å². The lowest BCUT2D eigenvalue weighted by atomic mass is 9.94. The molecule has 1 aromatic carbocycles. The smallest absolute Gasteiger partial charge is 0.230 e. The Balaban J connectivity index is 2.13. The Morgan fingerprint density at radius 2 is 1.84 bits per heavy atom. The topological polar surface area (TPSA) is 29.5 Å². The van der Waals surface area contributed by atoms with Gasteiger partial charge in [-0.3, -0.25) is 4.79 Å². The van der Waals surface area contributed by atoms with Gasteiger partial charge in [-0.05, 0) is 25.8 Å². The molecule has 0 N–H and O–H groups in total. The molecule has 0 aliphatic carbocycles. The Morgan fingerprint density at radius 3 is 2.37 bits per heavy atom. The van der Waals surface area contributed by atoms with Crippen molar-refractivity contribution < 1.29 is 9.53 Å². The van der Waals surface area contributed by atoms with Crippen LogP contribution in [0.1, 0.15) is 38.7 Å². The lowest BCUT2D eigenvalue weighted by Gasteiger charge is -2.37. The number of ether oxygens (including phenoxy) is 1. The minimum absolute atomic E-state index is 0.0290. The Morgan fingerprint density at radius 1 is 1.26 bits per heavy atom. The molecule has 3 heteroatoms. The van der Waals surface area contributed by atoms with Crippen molar-refractivity contribution in [2.75, 3.05) is 13.1 Å². The molecular weight excluding hydrogens is 238 g/mol. The number of nitrogens with zero attached hydrogens (tertiary/aromatic N) is 1. The highest BCUT2D eigenvalue weighted by Gasteiger charge is 2.30. The van der Waals surface area contributed by atoms with Crippen molar-refractivity contribution in [1.82, 2.24) is 4.90 Å². The van der Waals surface area contributed by atoms with Gasteiger partial charge in [-0.25, -0.2) is 0 Å². The summed E-state index contributed by atoms with van der Waals surface area (Å²) in [5.74, 6) is 0.203. The fourth-order valence-corrected chi connectivity index (χ4v) is 2.82. The maximum absolute atomic E-state index is 12.7. The minimum atomic E-state index is -0.0290. The van der Waals surface area contributed by atoms with Gasteiger partial charge in [0.1, 0.15) is 0 Å². The molecule has 0 unspecified atom stereocenters. The van der Waals surface area contributed by atoms with Crippen LogP contribution in [0.4, 0.5) is 0 Å². The molecule has 0 saturated carbocycles. The lowest BCUT2D eigenvalue weighted by Crippen LogP contribution is -2.49. The van der Waals surface area contributed by atoms with Crippen molar-refractivity contribution in [2.24, 2.45) is 0 Å². The number of amides is 1. The molecule has 104 valence electrons. The molecule has 19 heavy (non-hydrogen) atoms. The third-order valence-corrected chi connectivity index (χ3v) is 3.64. The average molecular weight is 261 g/mol. The Hall–Kier alpha value is -1.35. The van der Waals surface area contributed by atoms with E-state index in [2.05, 4.69) is 6.92 Å². The average Bonchev–Trinajstić information content (AvgIpc) is 2.39. The van der Waals surface area contributed by atoms with Gasteiger partial charge < -0.3 is 9.64 Å². The summed E-state index contributed by atoms with van der Waals surface area (Å²) in [4.78, 5) is 14.6. The number of hydrogen-bond donors (Lipinski definition) is 0. The van der Waals surface area contributed by atoms with Gasteiger partial charge in [-0.15, -0.1) is 0 Å². The van der Waals surface area contributed by atoms with Crippen LogP contribution in [0.5, 0.6) is 0 Å². The SMILES string of the molecule is CC[C@@H](C(=O)N1C[C@@H](C)O[C@@H](C)C1)c1ccccc1. The fourth-order valence-electron chi connectivity index (χ4n) is 2.82. The molecule has 1 saturated heterocycles. The van der Waals surface area contributed by atoms with Crippen LogP contribution in [-0.4, -0.2) is 36.1 Å². The van der Waals surface area contributed by atoms with Gasteiger partial charge in [-0.2, -0.15) is 0 Å². The molecule has 1 amide bonds. The fraction of sp³-hybridized carbons (Fsp3) is 0.562. The Labute approximate surface area is 115 Å². The highest BCUT2D eigenvalue weighted by Crippen LogP contribution is 2.24. The van der Waals surface area contributed by atoms with Crippen molar-refractivity contribution >= 4 is 5.91 Å². The van der Waals surface area contributed by atoms with Gasteiger partial charge >= 0.3 is 0 Å². The minimum Gasteiger partial charge on any atom is -0.372 e. The van der Waals surface area contributed by atoms with Crippen molar-refractivity contribution in [2.45, 2.75) is 45.3 Å². The second-order valence-electron chi connectivity index (χ2n) is 5.37. The van der Waals surface area contributed by atoms with E-state index in [1.54, 1.807) is 0 Å². The summed E-state index contributed by atoms with van der Waals surface area (Å²) in [6.45, 7) is 7.53. The largest absolute Gasteiger partial charge is 0.372 e.